The Morgan fingerprint density at radius 1 is 1.15 bits per heavy atom. The number of benzene rings is 2. The maximum atomic E-state index is 12.8. The summed E-state index contributed by atoms with van der Waals surface area (Å²) in [6, 6.07) is 12.9. The van der Waals surface area contributed by atoms with Gasteiger partial charge in [0.15, 0.2) is 11.5 Å². The first-order valence-corrected chi connectivity index (χ1v) is 8.75. The number of fused-ring (bicyclic) bond motifs is 1. The molecular formula is C22H23NO4. The van der Waals surface area contributed by atoms with E-state index >= 15 is 0 Å². The van der Waals surface area contributed by atoms with Crippen molar-refractivity contribution in [2.75, 3.05) is 14.2 Å². The molecule has 0 saturated heterocycles. The topological polar surface area (TPSA) is 60.7 Å². The molecule has 1 N–H and O–H groups in total. The van der Waals surface area contributed by atoms with Gasteiger partial charge in [0.2, 0.25) is 0 Å². The Labute approximate surface area is 158 Å². The van der Waals surface area contributed by atoms with Gasteiger partial charge in [0.25, 0.3) is 5.91 Å². The van der Waals surface area contributed by atoms with E-state index in [1.54, 1.807) is 26.4 Å². The van der Waals surface area contributed by atoms with Crippen LogP contribution in [0.3, 0.4) is 0 Å². The maximum Gasteiger partial charge on any atom is 0.252 e. The fourth-order valence-corrected chi connectivity index (χ4v) is 3.00. The molecule has 0 spiro atoms. The molecule has 0 aliphatic rings. The smallest absolute Gasteiger partial charge is 0.252 e. The van der Waals surface area contributed by atoms with Crippen molar-refractivity contribution in [3.8, 4) is 11.5 Å². The molecule has 5 nitrogen and oxygen atoms in total. The Hall–Kier alpha value is -3.21. The normalized spacial score (nSPS) is 12.3. The Balaban J connectivity index is 1.87. The number of carbonyl (C=O) groups is 1. The van der Waals surface area contributed by atoms with Gasteiger partial charge in [-0.3, -0.25) is 4.79 Å². The lowest BCUT2D eigenvalue weighted by Crippen LogP contribution is -2.26. The number of allylic oxidation sites excluding steroid dienone is 1. The van der Waals surface area contributed by atoms with Gasteiger partial charge in [-0.25, -0.2) is 0 Å². The van der Waals surface area contributed by atoms with Crippen molar-refractivity contribution < 1.29 is 18.7 Å². The minimum Gasteiger partial charge on any atom is -0.493 e. The lowest BCUT2D eigenvalue weighted by molar-refractivity contribution is 0.0935. The summed E-state index contributed by atoms with van der Waals surface area (Å²) in [6.07, 6.45) is 3.76. The van der Waals surface area contributed by atoms with E-state index in [1.165, 1.54) is 0 Å². The Kier molecular flexibility index (Phi) is 5.50. The number of carbonyl (C=O) groups excluding carboxylic acids is 1. The van der Waals surface area contributed by atoms with E-state index in [9.17, 15) is 4.79 Å². The largest absolute Gasteiger partial charge is 0.493 e. The van der Waals surface area contributed by atoms with Crippen molar-refractivity contribution >= 4 is 23.0 Å². The van der Waals surface area contributed by atoms with Crippen LogP contribution in [-0.2, 0) is 0 Å². The minimum atomic E-state index is -0.275. The molecule has 27 heavy (non-hydrogen) atoms. The van der Waals surface area contributed by atoms with Crippen LogP contribution in [0, 0.1) is 0 Å². The lowest BCUT2D eigenvalue weighted by atomic mass is 10.1. The van der Waals surface area contributed by atoms with E-state index in [2.05, 4.69) is 5.32 Å². The fraction of sp³-hybridized carbons (Fsp3) is 0.227. The summed E-state index contributed by atoms with van der Waals surface area (Å²) >= 11 is 0. The van der Waals surface area contributed by atoms with Crippen LogP contribution in [0.25, 0.3) is 17.0 Å². The number of ether oxygens (including phenoxy) is 2. The van der Waals surface area contributed by atoms with Gasteiger partial charge in [0.05, 0.1) is 20.3 Å². The fourth-order valence-electron chi connectivity index (χ4n) is 3.00. The van der Waals surface area contributed by atoms with Crippen molar-refractivity contribution in [1.29, 1.82) is 0 Å². The number of amides is 1. The van der Waals surface area contributed by atoms with E-state index in [1.807, 2.05) is 56.3 Å². The first kappa shape index (κ1) is 18.6. The highest BCUT2D eigenvalue weighted by atomic mass is 16.5. The molecule has 0 fully saturated rings. The number of hydrogen-bond acceptors (Lipinski definition) is 4. The summed E-state index contributed by atoms with van der Waals surface area (Å²) in [4.78, 5) is 12.8. The molecule has 5 heteroatoms. The number of methoxy groups -OCH3 is 2. The van der Waals surface area contributed by atoms with Gasteiger partial charge in [0.1, 0.15) is 11.3 Å². The molecule has 1 amide bonds. The SMILES string of the molecule is C/C=C/c1cc(C(=O)NC(C)c2cc3ccccc3o2)cc(OC)c1OC. The number of nitrogens with one attached hydrogen (secondary N) is 1. The van der Waals surface area contributed by atoms with Crippen molar-refractivity contribution in [3.63, 3.8) is 0 Å². The third-order valence-electron chi connectivity index (χ3n) is 4.33. The van der Waals surface area contributed by atoms with E-state index in [-0.39, 0.29) is 11.9 Å². The first-order valence-electron chi connectivity index (χ1n) is 8.75. The Bertz CT molecular complexity index is 954. The summed E-state index contributed by atoms with van der Waals surface area (Å²) in [5.74, 6) is 1.60. The van der Waals surface area contributed by atoms with Crippen molar-refractivity contribution in [2.24, 2.45) is 0 Å². The third-order valence-corrected chi connectivity index (χ3v) is 4.33. The van der Waals surface area contributed by atoms with Crippen LogP contribution < -0.4 is 14.8 Å². The van der Waals surface area contributed by atoms with Gasteiger partial charge >= 0.3 is 0 Å². The zero-order valence-electron chi connectivity index (χ0n) is 15.9. The zero-order valence-corrected chi connectivity index (χ0v) is 15.9. The molecule has 1 aromatic heterocycles. The molecule has 3 aromatic rings. The quantitative estimate of drug-likeness (QED) is 0.670. The second-order valence-corrected chi connectivity index (χ2v) is 6.18. The zero-order chi connectivity index (χ0) is 19.4. The summed E-state index contributed by atoms with van der Waals surface area (Å²) in [6.45, 7) is 3.80. The van der Waals surface area contributed by atoms with Crippen LogP contribution in [0.1, 0.15) is 41.6 Å². The predicted molar refractivity (Wildman–Crippen MR) is 106 cm³/mol. The molecule has 0 radical (unpaired) electrons. The van der Waals surface area contributed by atoms with E-state index in [0.717, 1.165) is 16.5 Å². The Morgan fingerprint density at radius 2 is 1.93 bits per heavy atom. The van der Waals surface area contributed by atoms with Crippen LogP contribution in [0.4, 0.5) is 0 Å². The standard InChI is InChI=1S/C22H23NO4/c1-5-8-16-11-17(13-20(25-3)21(16)26-4)22(24)23-14(2)19-12-15-9-6-7-10-18(15)27-19/h5-14H,1-4H3,(H,23,24)/b8-5+. The summed E-state index contributed by atoms with van der Waals surface area (Å²) in [5.41, 5.74) is 2.07. The molecule has 0 bridgehead atoms. The van der Waals surface area contributed by atoms with E-state index in [0.29, 0.717) is 22.8 Å². The number of rotatable bonds is 6. The number of hydrogen-bond donors (Lipinski definition) is 1. The van der Waals surface area contributed by atoms with Gasteiger partial charge in [-0.15, -0.1) is 0 Å². The monoisotopic (exact) mass is 365 g/mol. The molecule has 0 saturated carbocycles. The van der Waals surface area contributed by atoms with E-state index in [4.69, 9.17) is 13.9 Å². The van der Waals surface area contributed by atoms with Gasteiger partial charge in [-0.2, -0.15) is 0 Å². The van der Waals surface area contributed by atoms with Crippen molar-refractivity contribution in [1.82, 2.24) is 5.32 Å². The molecule has 1 heterocycles. The average Bonchev–Trinajstić information content (AvgIpc) is 3.12. The van der Waals surface area contributed by atoms with Gasteiger partial charge in [-0.1, -0.05) is 30.4 Å². The molecule has 0 aliphatic carbocycles. The molecule has 1 atom stereocenters. The third kappa shape index (κ3) is 3.82. The van der Waals surface area contributed by atoms with Crippen molar-refractivity contribution in [3.05, 3.63) is 65.4 Å². The molecule has 1 unspecified atom stereocenters. The highest BCUT2D eigenvalue weighted by Crippen LogP contribution is 2.34. The van der Waals surface area contributed by atoms with Gasteiger partial charge in [-0.05, 0) is 38.1 Å². The number of para-hydroxylation sites is 1. The Morgan fingerprint density at radius 3 is 2.59 bits per heavy atom. The molecule has 2 aromatic carbocycles. The minimum absolute atomic E-state index is 0.213. The van der Waals surface area contributed by atoms with Crippen LogP contribution in [0.5, 0.6) is 11.5 Å². The second-order valence-electron chi connectivity index (χ2n) is 6.18. The molecule has 3 rings (SSSR count). The van der Waals surface area contributed by atoms with E-state index < -0.39 is 0 Å². The molecule has 140 valence electrons. The first-order chi connectivity index (χ1) is 13.1. The van der Waals surface area contributed by atoms with Crippen LogP contribution >= 0.6 is 0 Å². The second kappa shape index (κ2) is 7.99. The highest BCUT2D eigenvalue weighted by molar-refractivity contribution is 5.96. The van der Waals surface area contributed by atoms with Crippen LogP contribution in [-0.4, -0.2) is 20.1 Å². The molecule has 0 aliphatic heterocycles. The van der Waals surface area contributed by atoms with Gasteiger partial charge in [0, 0.05) is 16.5 Å². The molecular weight excluding hydrogens is 342 g/mol. The van der Waals surface area contributed by atoms with Crippen molar-refractivity contribution in [2.45, 2.75) is 19.9 Å². The van der Waals surface area contributed by atoms with Crippen LogP contribution in [0.2, 0.25) is 0 Å². The van der Waals surface area contributed by atoms with Gasteiger partial charge < -0.3 is 19.2 Å². The van der Waals surface area contributed by atoms with Crippen LogP contribution in [0.15, 0.2) is 53.0 Å². The summed E-state index contributed by atoms with van der Waals surface area (Å²) < 4.78 is 16.6. The maximum absolute atomic E-state index is 12.8. The summed E-state index contributed by atoms with van der Waals surface area (Å²) in [7, 11) is 3.13. The highest BCUT2D eigenvalue weighted by Gasteiger charge is 2.18. The number of furan rings is 1. The predicted octanol–water partition coefficient (Wildman–Crippen LogP) is 4.97. The average molecular weight is 365 g/mol. The lowest BCUT2D eigenvalue weighted by Gasteiger charge is -2.15. The summed E-state index contributed by atoms with van der Waals surface area (Å²) in [5, 5.41) is 3.99.